The van der Waals surface area contributed by atoms with E-state index < -0.39 is 123 Å². The van der Waals surface area contributed by atoms with E-state index in [9.17, 15) is 54.0 Å². The van der Waals surface area contributed by atoms with Gasteiger partial charge in [-0.25, -0.2) is 14.0 Å². The fourth-order valence-electron chi connectivity index (χ4n) is 14.7. The van der Waals surface area contributed by atoms with Crippen molar-refractivity contribution in [3.8, 4) is 17.2 Å². The molecule has 23 nitrogen and oxygen atoms in total. The van der Waals surface area contributed by atoms with E-state index >= 15 is 4.39 Å². The number of phenolic OH excluding ortho intramolecular Hbond substituents is 1. The van der Waals surface area contributed by atoms with Crippen molar-refractivity contribution < 1.29 is 82.0 Å². The number of pyridine rings is 1. The van der Waals surface area contributed by atoms with Crippen molar-refractivity contribution in [3.05, 3.63) is 104 Å². The third-order valence-electron chi connectivity index (χ3n) is 20.1. The Kier molecular flexibility index (Phi) is 17.9. The number of amides is 2. The van der Waals surface area contributed by atoms with Crippen LogP contribution in [0.25, 0.3) is 10.9 Å². The van der Waals surface area contributed by atoms with E-state index in [0.29, 0.717) is 44.5 Å². The van der Waals surface area contributed by atoms with Gasteiger partial charge in [-0.3, -0.25) is 28.9 Å². The first-order valence-corrected chi connectivity index (χ1v) is 31.2. The molecular weight excluding hydrogens is 1170 g/mol. The number of hydrogen-bond donors (Lipinski definition) is 5. The summed E-state index contributed by atoms with van der Waals surface area (Å²) < 4.78 is 54.7. The largest absolute Gasteiger partial charge is 0.507 e. The second-order valence-corrected chi connectivity index (χ2v) is 25.7. The first-order chi connectivity index (χ1) is 42.9. The highest BCUT2D eigenvalue weighted by Crippen LogP contribution is 2.50. The maximum atomic E-state index is 16.6. The minimum absolute atomic E-state index is 0.0279. The number of fused-ring (bicyclic) bond motifs is 16. The summed E-state index contributed by atoms with van der Waals surface area (Å²) in [4.78, 5) is 106. The molecule has 0 spiro atoms. The van der Waals surface area contributed by atoms with Gasteiger partial charge in [0.25, 0.3) is 11.7 Å². The van der Waals surface area contributed by atoms with Gasteiger partial charge in [0.1, 0.15) is 40.2 Å². The quantitative estimate of drug-likeness (QED) is 0.162. The van der Waals surface area contributed by atoms with E-state index in [1.807, 2.05) is 4.90 Å². The number of aliphatic hydroxyl groups is 2. The van der Waals surface area contributed by atoms with Gasteiger partial charge >= 0.3 is 17.8 Å². The lowest BCUT2D eigenvalue weighted by Gasteiger charge is -2.45. The SMILES string of the molecule is COc1c(N2CC3CCCN(C4CCN(C(=O)O[C@@H]5[C@H](C)[C@@H](O)[C@H](C)[C@@H](O)[C@H](C)/C=C/C=C(/C)C(=O)NC6=C(N7CCOCC7)C(=O)c7c(c(O)c(C)c8c7C(=O)[C@@](C)(O/C=C/[C@H](OC)[C@H]5C)O8)C6=O)CC4)C3C2)c(F)cc2c(=O)c(C(=O)O)cn(C3CC3)c12. The number of aromatic nitrogens is 1. The molecule has 1 saturated carbocycles. The number of carboxylic acids is 1. The van der Waals surface area contributed by atoms with Crippen molar-refractivity contribution >= 4 is 51.9 Å². The predicted octanol–water partition coefficient (Wildman–Crippen LogP) is 6.42. The van der Waals surface area contributed by atoms with Crippen LogP contribution in [0.5, 0.6) is 17.2 Å². The van der Waals surface area contributed by atoms with Gasteiger partial charge in [-0.15, -0.1) is 0 Å². The highest BCUT2D eigenvalue weighted by atomic mass is 19.1. The van der Waals surface area contributed by atoms with Gasteiger partial charge in [0.2, 0.25) is 17.0 Å². The van der Waals surface area contributed by atoms with Crippen LogP contribution in [-0.2, 0) is 23.7 Å². The summed E-state index contributed by atoms with van der Waals surface area (Å²) in [5.74, 6) is -10.9. The molecule has 5 bridgehead atoms. The number of aromatic carboxylic acids is 1. The molecule has 12 rings (SSSR count). The lowest BCUT2D eigenvalue weighted by molar-refractivity contribution is -0.116. The molecule has 5 fully saturated rings. The second-order valence-electron chi connectivity index (χ2n) is 25.7. The van der Waals surface area contributed by atoms with Crippen molar-refractivity contribution in [2.24, 2.45) is 29.6 Å². The number of benzene rings is 2. The van der Waals surface area contributed by atoms with E-state index in [4.69, 9.17) is 28.4 Å². The van der Waals surface area contributed by atoms with Crippen molar-refractivity contribution in [2.45, 2.75) is 135 Å². The van der Waals surface area contributed by atoms with Crippen LogP contribution in [0.4, 0.5) is 14.9 Å². The maximum absolute atomic E-state index is 16.6. The number of likely N-dealkylation sites (tertiary alicyclic amines) is 2. The van der Waals surface area contributed by atoms with Crippen LogP contribution in [0, 0.1) is 42.3 Å². The normalized spacial score (nSPS) is 31.2. The molecule has 5 N–H and O–H groups in total. The van der Waals surface area contributed by atoms with Crippen LogP contribution in [0.2, 0.25) is 0 Å². The van der Waals surface area contributed by atoms with Crippen molar-refractivity contribution in [2.75, 3.05) is 78.1 Å². The van der Waals surface area contributed by atoms with Crippen LogP contribution in [0.15, 0.2) is 64.6 Å². The average molecular weight is 1250 g/mol. The number of carboxylic acid groups (broad SMARTS) is 1. The number of Topliss-reactive ketones (excluding diaryl/α,β-unsaturated/α-hetero) is 3. The maximum Gasteiger partial charge on any atom is 0.410 e. The Labute approximate surface area is 520 Å². The van der Waals surface area contributed by atoms with Gasteiger partial charge in [0.15, 0.2) is 11.6 Å². The second kappa shape index (κ2) is 25.2. The Morgan fingerprint density at radius 3 is 2.20 bits per heavy atom. The number of anilines is 1. The van der Waals surface area contributed by atoms with E-state index in [0.717, 1.165) is 38.3 Å². The zero-order valence-corrected chi connectivity index (χ0v) is 52.3. The molecule has 1 aromatic heterocycles. The number of rotatable bonds is 8. The highest BCUT2D eigenvalue weighted by molar-refractivity contribution is 6.32. The summed E-state index contributed by atoms with van der Waals surface area (Å²) in [5.41, 5.74) is -2.25. The van der Waals surface area contributed by atoms with Gasteiger partial charge in [-0.1, -0.05) is 45.9 Å². The summed E-state index contributed by atoms with van der Waals surface area (Å²) in [5, 5.41) is 48.3. The molecule has 2 unspecified atom stereocenters. The lowest BCUT2D eigenvalue weighted by Crippen LogP contribution is -2.55. The fourth-order valence-corrected chi connectivity index (χ4v) is 14.7. The predicted molar refractivity (Wildman–Crippen MR) is 325 cm³/mol. The number of hydrogen-bond acceptors (Lipinski definition) is 19. The Balaban J connectivity index is 0.841. The van der Waals surface area contributed by atoms with E-state index in [1.54, 1.807) is 54.2 Å². The average Bonchev–Trinajstić information content (AvgIpc) is 1.41. The number of allylic oxidation sites excluding steroid dienone is 4. The molecule has 484 valence electrons. The number of aromatic hydroxyl groups is 1. The van der Waals surface area contributed by atoms with E-state index in [1.165, 1.54) is 59.6 Å². The summed E-state index contributed by atoms with van der Waals surface area (Å²) in [6.07, 6.45) is 8.26. The van der Waals surface area contributed by atoms with E-state index in [-0.39, 0.29) is 101 Å². The number of phenols is 1. The third-order valence-corrected chi connectivity index (χ3v) is 20.1. The first-order valence-electron chi connectivity index (χ1n) is 31.2. The topological polar surface area (TPSA) is 286 Å². The van der Waals surface area contributed by atoms with Gasteiger partial charge < -0.3 is 73.4 Å². The zero-order valence-electron chi connectivity index (χ0n) is 52.3. The van der Waals surface area contributed by atoms with Gasteiger partial charge in [-0.2, -0.15) is 0 Å². The van der Waals surface area contributed by atoms with Crippen molar-refractivity contribution in [1.29, 1.82) is 0 Å². The standard InChI is InChI=1S/C66H81FN6O17/c1-32-12-10-13-33(2)63(81)68-49-52(69-23-26-87-27-24-69)58(79)46-47(57(49)78)55(76)37(6)60-48(46)62(80)66(7,90-60)88-25-19-45(85-8)34(3)59(36(5)54(75)35(4)53(32)74)89-65(84)70-21-17-40(18-22-70)72-20-11-14-38-29-71(31-44(38)72)51-43(67)28-41-50(61(51)86-9)73(39-15-16-39)30-42(56(41)77)64(82)83/h10,12-13,19,25,28,30,32,34-36,38-40,44-45,53-54,59,74-76H,11,14-18,20-24,26-27,29,31H2,1-9H3,(H,68,81)(H,82,83)/b12-10+,25-19+,33-13-/t32-,34-,35-,36-,38?,44?,45+,53+,54+,59+,66+/m1/s1. The molecule has 9 aliphatic rings. The minimum Gasteiger partial charge on any atom is -0.507 e. The highest BCUT2D eigenvalue weighted by Gasteiger charge is 2.54. The number of methoxy groups -OCH3 is 2. The molecule has 2 aliphatic carbocycles. The summed E-state index contributed by atoms with van der Waals surface area (Å²) in [7, 11) is 2.87. The van der Waals surface area contributed by atoms with Crippen LogP contribution in [-0.4, -0.2) is 191 Å². The number of carbonyl (C=O) groups excluding carboxylic acids is 5. The van der Waals surface area contributed by atoms with E-state index in [2.05, 4.69) is 10.2 Å². The Morgan fingerprint density at radius 2 is 1.53 bits per heavy atom. The molecule has 7 aliphatic heterocycles. The zero-order chi connectivity index (χ0) is 64.5. The minimum atomic E-state index is -2.16. The lowest BCUT2D eigenvalue weighted by atomic mass is 9.78. The number of carbonyl (C=O) groups is 6. The first kappa shape index (κ1) is 63.9. The number of morpholine rings is 1. The number of halogens is 1. The van der Waals surface area contributed by atoms with Crippen LogP contribution in [0.3, 0.4) is 0 Å². The molecule has 2 amide bonds. The number of piperidine rings is 2. The molecular formula is C66H81FN6O17. The smallest absolute Gasteiger partial charge is 0.410 e. The van der Waals surface area contributed by atoms with Crippen LogP contribution >= 0.6 is 0 Å². The van der Waals surface area contributed by atoms with Crippen molar-refractivity contribution in [1.82, 2.24) is 24.6 Å². The van der Waals surface area contributed by atoms with Crippen LogP contribution in [0.1, 0.15) is 133 Å². The molecule has 8 heterocycles. The van der Waals surface area contributed by atoms with Crippen molar-refractivity contribution in [3.63, 3.8) is 0 Å². The van der Waals surface area contributed by atoms with Gasteiger partial charge in [-0.05, 0) is 77.0 Å². The summed E-state index contributed by atoms with van der Waals surface area (Å²) >= 11 is 0. The summed E-state index contributed by atoms with van der Waals surface area (Å²) in [6, 6.07) is 1.21. The molecule has 4 saturated heterocycles. The van der Waals surface area contributed by atoms with Gasteiger partial charge in [0, 0.05) is 112 Å². The molecule has 2 aromatic carbocycles. The molecule has 3 aromatic rings. The molecule has 90 heavy (non-hydrogen) atoms. The number of aliphatic hydroxyl groups excluding tert-OH is 2. The number of nitrogens with zero attached hydrogens (tertiary/aromatic N) is 5. The summed E-state index contributed by atoms with van der Waals surface area (Å²) in [6.45, 7) is 14.4. The number of ether oxygens (including phenoxy) is 6. The van der Waals surface area contributed by atoms with Gasteiger partial charge in [0.05, 0.1) is 72.5 Å². The number of ketones is 3. The Hall–Kier alpha value is -7.64. The molecule has 0 radical (unpaired) electrons. The Bertz CT molecular complexity index is 3620. The number of nitrogens with one attached hydrogen (secondary N) is 1. The molecule has 24 heteroatoms. The Morgan fingerprint density at radius 1 is 0.822 bits per heavy atom. The molecule has 11 atom stereocenters. The monoisotopic (exact) mass is 1250 g/mol. The van der Waals surface area contributed by atoms with Crippen LogP contribution < -0.4 is 25.1 Å². The third kappa shape index (κ3) is 11.3. The fraction of sp³-hybridized carbons (Fsp3) is 0.561.